The first kappa shape index (κ1) is 22.1. The Morgan fingerprint density at radius 1 is 0.970 bits per heavy atom. The number of hydrogen-bond donors (Lipinski definition) is 1. The monoisotopic (exact) mass is 464 g/mol. The van der Waals surface area contributed by atoms with Crippen molar-refractivity contribution in [1.29, 1.82) is 0 Å². The number of rotatable bonds is 6. The van der Waals surface area contributed by atoms with Crippen molar-refractivity contribution >= 4 is 22.7 Å². The highest BCUT2D eigenvalue weighted by Gasteiger charge is 2.28. The van der Waals surface area contributed by atoms with Crippen LogP contribution in [0.5, 0.6) is 11.5 Å². The number of methoxy groups -OCH3 is 1. The number of oxazole rings is 1. The standard InChI is InChI=1S/C22H13F5N2O4/c1-31-20-16(24)18(26)21(19(27)17(20)25)32-9-15(30)28-10-6-7-14-13(8-10)29-22(33-14)11-4-2-3-5-12(11)23/h2-8H,9H2,1H3,(H,28,30). The molecule has 0 fully saturated rings. The molecule has 0 aliphatic carbocycles. The van der Waals surface area contributed by atoms with Gasteiger partial charge in [-0.1, -0.05) is 12.1 Å². The number of nitrogens with one attached hydrogen (secondary N) is 1. The van der Waals surface area contributed by atoms with Crippen molar-refractivity contribution in [3.63, 3.8) is 0 Å². The van der Waals surface area contributed by atoms with Gasteiger partial charge in [0.2, 0.25) is 29.2 Å². The summed E-state index contributed by atoms with van der Waals surface area (Å²) in [4.78, 5) is 16.3. The summed E-state index contributed by atoms with van der Waals surface area (Å²) in [5.41, 5.74) is 0.965. The van der Waals surface area contributed by atoms with Gasteiger partial charge < -0.3 is 19.2 Å². The van der Waals surface area contributed by atoms with Crippen LogP contribution in [0.3, 0.4) is 0 Å². The second-order valence-corrected chi connectivity index (χ2v) is 6.64. The summed E-state index contributed by atoms with van der Waals surface area (Å²) < 4.78 is 83.8. The van der Waals surface area contributed by atoms with E-state index >= 15 is 0 Å². The highest BCUT2D eigenvalue weighted by atomic mass is 19.2. The lowest BCUT2D eigenvalue weighted by molar-refractivity contribution is -0.118. The third-order valence-electron chi connectivity index (χ3n) is 4.51. The van der Waals surface area contributed by atoms with Crippen molar-refractivity contribution in [1.82, 2.24) is 4.98 Å². The van der Waals surface area contributed by atoms with Gasteiger partial charge in [-0.25, -0.2) is 9.37 Å². The summed E-state index contributed by atoms with van der Waals surface area (Å²) in [7, 11) is 0.833. The fourth-order valence-electron chi connectivity index (χ4n) is 2.99. The van der Waals surface area contributed by atoms with E-state index in [1.807, 2.05) is 0 Å². The number of hydrogen-bond acceptors (Lipinski definition) is 5. The molecule has 0 radical (unpaired) electrons. The normalized spacial score (nSPS) is 11.0. The second kappa shape index (κ2) is 8.77. The van der Waals surface area contributed by atoms with Crippen molar-refractivity contribution in [2.24, 2.45) is 0 Å². The van der Waals surface area contributed by atoms with Crippen LogP contribution in [0, 0.1) is 29.1 Å². The minimum atomic E-state index is -1.84. The zero-order valence-electron chi connectivity index (χ0n) is 16.7. The van der Waals surface area contributed by atoms with Gasteiger partial charge in [-0.05, 0) is 30.3 Å². The van der Waals surface area contributed by atoms with Gasteiger partial charge in [-0.15, -0.1) is 0 Å². The van der Waals surface area contributed by atoms with Gasteiger partial charge >= 0.3 is 0 Å². The molecule has 1 aromatic heterocycles. The van der Waals surface area contributed by atoms with Crippen molar-refractivity contribution in [3.05, 3.63) is 71.6 Å². The fourth-order valence-corrected chi connectivity index (χ4v) is 2.99. The summed E-state index contributed by atoms with van der Waals surface area (Å²) in [6.45, 7) is -0.962. The van der Waals surface area contributed by atoms with Gasteiger partial charge in [0.1, 0.15) is 11.3 Å². The molecule has 170 valence electrons. The minimum absolute atomic E-state index is 0.0319. The Bertz CT molecular complexity index is 1340. The zero-order valence-corrected chi connectivity index (χ0v) is 16.7. The second-order valence-electron chi connectivity index (χ2n) is 6.64. The quantitative estimate of drug-likeness (QED) is 0.313. The Hall–Kier alpha value is -4.15. The van der Waals surface area contributed by atoms with Crippen molar-refractivity contribution in [2.45, 2.75) is 0 Å². The van der Waals surface area contributed by atoms with Crippen LogP contribution in [0.2, 0.25) is 0 Å². The molecule has 0 spiro atoms. The number of halogens is 5. The summed E-state index contributed by atoms with van der Waals surface area (Å²) in [5.74, 6) is -11.3. The van der Waals surface area contributed by atoms with Gasteiger partial charge in [-0.2, -0.15) is 17.6 Å². The molecule has 4 rings (SSSR count). The van der Waals surface area contributed by atoms with E-state index in [1.54, 1.807) is 6.07 Å². The van der Waals surface area contributed by atoms with Crippen LogP contribution in [0.1, 0.15) is 0 Å². The lowest BCUT2D eigenvalue weighted by Gasteiger charge is -2.12. The van der Waals surface area contributed by atoms with Crippen molar-refractivity contribution < 1.29 is 40.6 Å². The molecule has 1 heterocycles. The third kappa shape index (κ3) is 4.16. The number of anilines is 1. The maximum Gasteiger partial charge on any atom is 0.262 e. The molecule has 0 aliphatic heterocycles. The van der Waals surface area contributed by atoms with E-state index in [4.69, 9.17) is 4.42 Å². The molecule has 33 heavy (non-hydrogen) atoms. The van der Waals surface area contributed by atoms with Crippen LogP contribution in [0.15, 0.2) is 46.9 Å². The number of aromatic nitrogens is 1. The van der Waals surface area contributed by atoms with Gasteiger partial charge in [0.15, 0.2) is 23.7 Å². The van der Waals surface area contributed by atoms with Crippen LogP contribution in [0.25, 0.3) is 22.6 Å². The average Bonchev–Trinajstić information content (AvgIpc) is 3.21. The molecule has 0 saturated heterocycles. The highest BCUT2D eigenvalue weighted by Crippen LogP contribution is 2.34. The molecular formula is C22H13F5N2O4. The summed E-state index contributed by atoms with van der Waals surface area (Å²) in [6, 6.07) is 10.2. The Labute approximate surface area is 182 Å². The predicted octanol–water partition coefficient (Wildman–Crippen LogP) is 5.22. The smallest absolute Gasteiger partial charge is 0.262 e. The Kier molecular flexibility index (Phi) is 5.86. The molecule has 3 aromatic carbocycles. The maximum atomic E-state index is 14.0. The maximum absolute atomic E-state index is 14.0. The predicted molar refractivity (Wildman–Crippen MR) is 106 cm³/mol. The first-order valence-electron chi connectivity index (χ1n) is 9.28. The number of ether oxygens (including phenoxy) is 2. The molecule has 11 heteroatoms. The van der Waals surface area contributed by atoms with Crippen LogP contribution < -0.4 is 14.8 Å². The number of benzene rings is 3. The average molecular weight is 464 g/mol. The Balaban J connectivity index is 1.49. The lowest BCUT2D eigenvalue weighted by Crippen LogP contribution is -2.21. The number of nitrogens with zero attached hydrogens (tertiary/aromatic N) is 1. The first-order chi connectivity index (χ1) is 15.8. The van der Waals surface area contributed by atoms with Gasteiger partial charge in [0, 0.05) is 5.69 Å². The van der Waals surface area contributed by atoms with Crippen LogP contribution >= 0.6 is 0 Å². The van der Waals surface area contributed by atoms with Crippen LogP contribution in [0.4, 0.5) is 27.6 Å². The molecule has 1 N–H and O–H groups in total. The number of amides is 1. The number of carbonyl (C=O) groups is 1. The SMILES string of the molecule is COc1c(F)c(F)c(OCC(=O)Nc2ccc3oc(-c4ccccc4F)nc3c2)c(F)c1F. The molecule has 4 aromatic rings. The van der Waals surface area contributed by atoms with E-state index < -0.39 is 53.1 Å². The summed E-state index contributed by atoms with van der Waals surface area (Å²) >= 11 is 0. The lowest BCUT2D eigenvalue weighted by atomic mass is 10.2. The van der Waals surface area contributed by atoms with Crippen LogP contribution in [-0.4, -0.2) is 24.6 Å². The fraction of sp³-hybridized carbons (Fsp3) is 0.0909. The van der Waals surface area contributed by atoms with Crippen LogP contribution in [-0.2, 0) is 4.79 Å². The Morgan fingerprint density at radius 3 is 2.30 bits per heavy atom. The number of fused-ring (bicyclic) bond motifs is 1. The third-order valence-corrected chi connectivity index (χ3v) is 4.51. The largest absolute Gasteiger partial charge is 0.491 e. The van der Waals surface area contributed by atoms with Crippen molar-refractivity contribution in [3.8, 4) is 23.0 Å². The molecule has 0 unspecified atom stereocenters. The zero-order chi connectivity index (χ0) is 23.7. The van der Waals surface area contributed by atoms with Gasteiger partial charge in [0.05, 0.1) is 12.7 Å². The van der Waals surface area contributed by atoms with E-state index in [-0.39, 0.29) is 17.1 Å². The van der Waals surface area contributed by atoms with Gasteiger partial charge in [-0.3, -0.25) is 4.79 Å². The molecule has 0 bridgehead atoms. The molecule has 0 aliphatic rings. The molecule has 6 nitrogen and oxygen atoms in total. The van der Waals surface area contributed by atoms with E-state index in [0.717, 1.165) is 7.11 Å². The topological polar surface area (TPSA) is 73.6 Å². The van der Waals surface area contributed by atoms with E-state index in [1.165, 1.54) is 36.4 Å². The summed E-state index contributed by atoms with van der Waals surface area (Å²) in [6.07, 6.45) is 0. The van der Waals surface area contributed by atoms with E-state index in [0.29, 0.717) is 11.1 Å². The van der Waals surface area contributed by atoms with E-state index in [2.05, 4.69) is 19.8 Å². The minimum Gasteiger partial charge on any atom is -0.491 e. The summed E-state index contributed by atoms with van der Waals surface area (Å²) in [5, 5.41) is 2.38. The molecule has 0 atom stereocenters. The first-order valence-corrected chi connectivity index (χ1v) is 9.28. The molecule has 0 saturated carbocycles. The highest BCUT2D eigenvalue weighted by molar-refractivity contribution is 5.94. The molecule has 1 amide bonds. The van der Waals surface area contributed by atoms with E-state index in [9.17, 15) is 26.7 Å². The number of carbonyl (C=O) groups excluding carboxylic acids is 1. The molecular weight excluding hydrogens is 451 g/mol. The van der Waals surface area contributed by atoms with Crippen molar-refractivity contribution in [2.75, 3.05) is 19.0 Å². The van der Waals surface area contributed by atoms with Gasteiger partial charge in [0.25, 0.3) is 5.91 Å². The Morgan fingerprint density at radius 2 is 1.64 bits per heavy atom.